The quantitative estimate of drug-likeness (QED) is 0.573. The van der Waals surface area contributed by atoms with Gasteiger partial charge in [-0.2, -0.15) is 0 Å². The molecule has 27 heavy (non-hydrogen) atoms. The van der Waals surface area contributed by atoms with E-state index in [1.807, 2.05) is 20.8 Å². The second-order valence-electron chi connectivity index (χ2n) is 9.68. The Kier molecular flexibility index (Phi) is 6.06. The third-order valence-corrected chi connectivity index (χ3v) is 6.05. The summed E-state index contributed by atoms with van der Waals surface area (Å²) in [5.41, 5.74) is -1.28. The Hall–Kier alpha value is -0.890. The summed E-state index contributed by atoms with van der Waals surface area (Å²) in [5.74, 6) is 0.240. The Bertz CT molecular complexity index is 520. The van der Waals surface area contributed by atoms with Crippen molar-refractivity contribution in [3.63, 3.8) is 0 Å². The van der Waals surface area contributed by atoms with Gasteiger partial charge in [0, 0.05) is 44.7 Å². The Morgan fingerprint density at radius 2 is 1.78 bits per heavy atom. The van der Waals surface area contributed by atoms with Gasteiger partial charge in [-0.05, 0) is 59.3 Å². The minimum absolute atomic E-state index is 0.240. The van der Waals surface area contributed by atoms with Gasteiger partial charge in [0.05, 0.1) is 11.2 Å². The minimum Gasteiger partial charge on any atom is -0.444 e. The molecule has 7 nitrogen and oxygen atoms in total. The SMILES string of the molecule is CC(C)(C)OC(=O)N1CCC[C@H](C2(O)CC2)C1.OC1([C@@H]2CNCCN2)CC1. The number of hydrogen-bond acceptors (Lipinski definition) is 6. The predicted octanol–water partition coefficient (Wildman–Crippen LogP) is 1.23. The predicted molar refractivity (Wildman–Crippen MR) is 104 cm³/mol. The molecule has 0 bridgehead atoms. The van der Waals surface area contributed by atoms with Crippen LogP contribution >= 0.6 is 0 Å². The summed E-state index contributed by atoms with van der Waals surface area (Å²) >= 11 is 0. The molecule has 0 aromatic carbocycles. The molecule has 4 fully saturated rings. The maximum atomic E-state index is 11.9. The van der Waals surface area contributed by atoms with Gasteiger partial charge in [0.15, 0.2) is 0 Å². The smallest absolute Gasteiger partial charge is 0.410 e. The molecule has 4 rings (SSSR count). The first-order valence-corrected chi connectivity index (χ1v) is 10.5. The lowest BCUT2D eigenvalue weighted by Gasteiger charge is -2.36. The number of likely N-dealkylation sites (tertiary alicyclic amines) is 1. The van der Waals surface area contributed by atoms with Crippen LogP contribution in [0.3, 0.4) is 0 Å². The van der Waals surface area contributed by atoms with Crippen molar-refractivity contribution in [2.75, 3.05) is 32.7 Å². The first-order chi connectivity index (χ1) is 12.6. The van der Waals surface area contributed by atoms with Crippen LogP contribution in [0, 0.1) is 5.92 Å². The molecule has 0 spiro atoms. The summed E-state index contributed by atoms with van der Waals surface area (Å²) in [5, 5.41) is 26.3. The molecule has 0 aromatic heterocycles. The van der Waals surface area contributed by atoms with Gasteiger partial charge in [0.25, 0.3) is 0 Å². The van der Waals surface area contributed by atoms with Crippen molar-refractivity contribution in [1.29, 1.82) is 0 Å². The van der Waals surface area contributed by atoms with Crippen LogP contribution in [0.15, 0.2) is 0 Å². The highest BCUT2D eigenvalue weighted by Gasteiger charge is 2.49. The molecular weight excluding hydrogens is 346 g/mol. The van der Waals surface area contributed by atoms with Gasteiger partial charge < -0.3 is 30.5 Å². The lowest BCUT2D eigenvalue weighted by atomic mass is 9.91. The number of rotatable bonds is 2. The Morgan fingerprint density at radius 3 is 2.30 bits per heavy atom. The monoisotopic (exact) mass is 383 g/mol. The van der Waals surface area contributed by atoms with Gasteiger partial charge in [0.1, 0.15) is 5.60 Å². The van der Waals surface area contributed by atoms with Gasteiger partial charge in [-0.25, -0.2) is 4.79 Å². The molecule has 0 unspecified atom stereocenters. The average Bonchev–Trinajstić information content (AvgIpc) is 3.55. The van der Waals surface area contributed by atoms with Crippen LogP contribution in [0.5, 0.6) is 0 Å². The summed E-state index contributed by atoms with van der Waals surface area (Å²) < 4.78 is 5.36. The van der Waals surface area contributed by atoms with E-state index < -0.39 is 11.2 Å². The van der Waals surface area contributed by atoms with E-state index in [1.54, 1.807) is 4.90 Å². The molecular formula is C20H37N3O4. The standard InChI is InChI=1S/C13H23NO3.C7H14N2O/c1-12(2,3)17-11(15)14-8-4-5-10(9-14)13(16)6-7-13;10-7(1-2-7)6-5-8-3-4-9-6/h10,16H,4-9H2,1-3H3;6,8-10H,1-5H2/t10-;6-/m00/s1. The fourth-order valence-electron chi connectivity index (χ4n) is 3.95. The molecule has 0 aromatic rings. The third-order valence-electron chi connectivity index (χ3n) is 6.05. The Labute approximate surface area is 162 Å². The maximum Gasteiger partial charge on any atom is 0.410 e. The van der Waals surface area contributed by atoms with E-state index in [2.05, 4.69) is 10.6 Å². The van der Waals surface area contributed by atoms with E-state index in [0.717, 1.165) is 64.7 Å². The van der Waals surface area contributed by atoms with Crippen molar-refractivity contribution >= 4 is 6.09 Å². The van der Waals surface area contributed by atoms with Crippen LogP contribution in [-0.2, 0) is 4.74 Å². The van der Waals surface area contributed by atoms with Crippen LogP contribution in [0.4, 0.5) is 4.79 Å². The molecule has 2 aliphatic carbocycles. The van der Waals surface area contributed by atoms with E-state index in [0.29, 0.717) is 12.6 Å². The molecule has 4 aliphatic rings. The lowest BCUT2D eigenvalue weighted by Crippen LogP contribution is -2.55. The minimum atomic E-state index is -0.485. The molecule has 7 heteroatoms. The van der Waals surface area contributed by atoms with E-state index in [9.17, 15) is 15.0 Å². The van der Waals surface area contributed by atoms with Crippen molar-refractivity contribution in [3.8, 4) is 0 Å². The van der Waals surface area contributed by atoms with Crippen LogP contribution in [0.2, 0.25) is 0 Å². The largest absolute Gasteiger partial charge is 0.444 e. The number of aliphatic hydroxyl groups is 2. The van der Waals surface area contributed by atoms with E-state index >= 15 is 0 Å². The zero-order valence-corrected chi connectivity index (χ0v) is 17.1. The number of piperidine rings is 1. The van der Waals surface area contributed by atoms with Gasteiger partial charge in [-0.3, -0.25) is 0 Å². The molecule has 2 heterocycles. The van der Waals surface area contributed by atoms with Gasteiger partial charge in [-0.1, -0.05) is 0 Å². The normalized spacial score (nSPS) is 31.4. The highest BCUT2D eigenvalue weighted by Crippen LogP contribution is 2.45. The molecule has 2 saturated heterocycles. The third kappa shape index (κ3) is 5.79. The number of hydrogen-bond donors (Lipinski definition) is 4. The number of nitrogens with zero attached hydrogens (tertiary/aromatic N) is 1. The van der Waals surface area contributed by atoms with Crippen LogP contribution in [0.1, 0.15) is 59.3 Å². The Balaban J connectivity index is 0.000000177. The second-order valence-corrected chi connectivity index (χ2v) is 9.68. The number of amides is 1. The van der Waals surface area contributed by atoms with Gasteiger partial charge in [0.2, 0.25) is 0 Å². The Morgan fingerprint density at radius 1 is 1.11 bits per heavy atom. The van der Waals surface area contributed by atoms with E-state index in [-0.39, 0.29) is 17.6 Å². The zero-order valence-electron chi connectivity index (χ0n) is 17.1. The highest BCUT2D eigenvalue weighted by atomic mass is 16.6. The fourth-order valence-corrected chi connectivity index (χ4v) is 3.95. The number of ether oxygens (including phenoxy) is 1. The second kappa shape index (κ2) is 7.85. The van der Waals surface area contributed by atoms with Crippen LogP contribution < -0.4 is 10.6 Å². The number of piperazine rings is 1. The number of carbonyl (C=O) groups is 1. The molecule has 2 atom stereocenters. The topological polar surface area (TPSA) is 94.1 Å². The van der Waals surface area contributed by atoms with Crippen molar-refractivity contribution in [2.45, 2.75) is 82.1 Å². The summed E-state index contributed by atoms with van der Waals surface area (Å²) in [6, 6.07) is 0.307. The van der Waals surface area contributed by atoms with Crippen molar-refractivity contribution in [2.24, 2.45) is 5.92 Å². The molecule has 2 saturated carbocycles. The lowest BCUT2D eigenvalue weighted by molar-refractivity contribution is -0.00301. The molecule has 2 aliphatic heterocycles. The summed E-state index contributed by atoms with van der Waals surface area (Å²) in [6.07, 6.45) is 5.48. The van der Waals surface area contributed by atoms with Gasteiger partial charge in [-0.15, -0.1) is 0 Å². The first kappa shape index (κ1) is 20.8. The van der Waals surface area contributed by atoms with Crippen LogP contribution in [-0.4, -0.2) is 76.8 Å². The molecule has 1 amide bonds. The summed E-state index contributed by atoms with van der Waals surface area (Å²) in [6.45, 7) is 9.98. The van der Waals surface area contributed by atoms with E-state index in [1.165, 1.54) is 0 Å². The van der Waals surface area contributed by atoms with Crippen molar-refractivity contribution < 1.29 is 19.7 Å². The zero-order chi connectivity index (χ0) is 19.7. The molecule has 0 radical (unpaired) electrons. The average molecular weight is 384 g/mol. The number of carbonyl (C=O) groups excluding carboxylic acids is 1. The number of nitrogens with one attached hydrogen (secondary N) is 2. The van der Waals surface area contributed by atoms with E-state index in [4.69, 9.17) is 4.74 Å². The first-order valence-electron chi connectivity index (χ1n) is 10.5. The summed E-state index contributed by atoms with van der Waals surface area (Å²) in [4.78, 5) is 13.7. The summed E-state index contributed by atoms with van der Waals surface area (Å²) in [7, 11) is 0. The highest BCUT2D eigenvalue weighted by molar-refractivity contribution is 5.68. The van der Waals surface area contributed by atoms with Gasteiger partial charge >= 0.3 is 6.09 Å². The van der Waals surface area contributed by atoms with Crippen molar-refractivity contribution in [1.82, 2.24) is 15.5 Å². The fraction of sp³-hybridized carbons (Fsp3) is 0.950. The molecule has 4 N–H and O–H groups in total. The van der Waals surface area contributed by atoms with Crippen LogP contribution in [0.25, 0.3) is 0 Å². The molecule has 156 valence electrons. The van der Waals surface area contributed by atoms with Crippen molar-refractivity contribution in [3.05, 3.63) is 0 Å². The maximum absolute atomic E-state index is 11.9.